The SMILES string of the molecule is Cc1nn(C)c(C)c1S(=O)(=O)Nc1ncn(Cc2ccc(F)cc2)n1. The zero-order valence-electron chi connectivity index (χ0n) is 13.9. The van der Waals surface area contributed by atoms with E-state index in [0.29, 0.717) is 17.9 Å². The molecule has 2 aromatic heterocycles. The predicted molar refractivity (Wildman–Crippen MR) is 89.0 cm³/mol. The monoisotopic (exact) mass is 364 g/mol. The van der Waals surface area contributed by atoms with Crippen molar-refractivity contribution in [2.24, 2.45) is 7.05 Å². The van der Waals surface area contributed by atoms with Gasteiger partial charge in [-0.2, -0.15) is 10.1 Å². The molecule has 8 nitrogen and oxygen atoms in total. The molecule has 1 N–H and O–H groups in total. The molecule has 0 saturated heterocycles. The number of aromatic nitrogens is 5. The van der Waals surface area contributed by atoms with Crippen LogP contribution in [0.25, 0.3) is 0 Å². The zero-order chi connectivity index (χ0) is 18.2. The molecule has 0 radical (unpaired) electrons. The van der Waals surface area contributed by atoms with E-state index in [0.717, 1.165) is 5.56 Å². The molecule has 0 amide bonds. The highest BCUT2D eigenvalue weighted by molar-refractivity contribution is 7.92. The Morgan fingerprint density at radius 2 is 1.84 bits per heavy atom. The van der Waals surface area contributed by atoms with Gasteiger partial charge in [-0.3, -0.25) is 4.68 Å². The summed E-state index contributed by atoms with van der Waals surface area (Å²) in [7, 11) is -2.16. The molecule has 0 aliphatic heterocycles. The quantitative estimate of drug-likeness (QED) is 0.742. The molecule has 2 heterocycles. The minimum Gasteiger partial charge on any atom is -0.271 e. The topological polar surface area (TPSA) is 94.7 Å². The third-order valence-corrected chi connectivity index (χ3v) is 5.31. The van der Waals surface area contributed by atoms with Crippen LogP contribution in [0.3, 0.4) is 0 Å². The summed E-state index contributed by atoms with van der Waals surface area (Å²) in [4.78, 5) is 4.08. The van der Waals surface area contributed by atoms with E-state index >= 15 is 0 Å². The second kappa shape index (κ2) is 6.28. The van der Waals surface area contributed by atoms with Gasteiger partial charge in [0.1, 0.15) is 17.0 Å². The van der Waals surface area contributed by atoms with Gasteiger partial charge in [0.2, 0.25) is 0 Å². The first kappa shape index (κ1) is 17.1. The average molecular weight is 364 g/mol. The van der Waals surface area contributed by atoms with Crippen LogP contribution in [0.5, 0.6) is 0 Å². The molecule has 10 heteroatoms. The molecule has 25 heavy (non-hydrogen) atoms. The van der Waals surface area contributed by atoms with Crippen LogP contribution in [0.4, 0.5) is 10.3 Å². The first-order valence-corrected chi connectivity index (χ1v) is 8.91. The van der Waals surface area contributed by atoms with Gasteiger partial charge in [0.15, 0.2) is 0 Å². The highest BCUT2D eigenvalue weighted by atomic mass is 32.2. The molecule has 3 rings (SSSR count). The Morgan fingerprint density at radius 3 is 2.44 bits per heavy atom. The van der Waals surface area contributed by atoms with Crippen molar-refractivity contribution < 1.29 is 12.8 Å². The third-order valence-electron chi connectivity index (χ3n) is 3.73. The summed E-state index contributed by atoms with van der Waals surface area (Å²) in [6.45, 7) is 3.65. The average Bonchev–Trinajstić information content (AvgIpc) is 3.05. The number of benzene rings is 1. The molecular formula is C15H17FN6O2S. The van der Waals surface area contributed by atoms with Gasteiger partial charge in [-0.25, -0.2) is 22.2 Å². The maximum absolute atomic E-state index is 12.9. The van der Waals surface area contributed by atoms with Crippen LogP contribution in [-0.2, 0) is 23.6 Å². The number of nitrogens with one attached hydrogen (secondary N) is 1. The van der Waals surface area contributed by atoms with E-state index in [1.54, 1.807) is 33.0 Å². The van der Waals surface area contributed by atoms with E-state index in [1.807, 2.05) is 0 Å². The second-order valence-electron chi connectivity index (χ2n) is 5.62. The van der Waals surface area contributed by atoms with Crippen LogP contribution in [-0.4, -0.2) is 33.0 Å². The van der Waals surface area contributed by atoms with Gasteiger partial charge >= 0.3 is 0 Å². The number of hydrogen-bond acceptors (Lipinski definition) is 5. The van der Waals surface area contributed by atoms with E-state index in [2.05, 4.69) is 19.9 Å². The summed E-state index contributed by atoms with van der Waals surface area (Å²) in [5.74, 6) is -0.359. The van der Waals surface area contributed by atoms with Crippen molar-refractivity contribution in [3.63, 3.8) is 0 Å². The van der Waals surface area contributed by atoms with Gasteiger partial charge in [0.05, 0.1) is 17.9 Å². The van der Waals surface area contributed by atoms with Crippen LogP contribution in [0.1, 0.15) is 17.0 Å². The molecule has 0 bridgehead atoms. The van der Waals surface area contributed by atoms with Crippen LogP contribution in [0.15, 0.2) is 35.5 Å². The minimum absolute atomic E-state index is 0.0373. The number of sulfonamides is 1. The maximum atomic E-state index is 12.9. The molecular weight excluding hydrogens is 347 g/mol. The molecule has 3 aromatic rings. The lowest BCUT2D eigenvalue weighted by Gasteiger charge is -2.05. The van der Waals surface area contributed by atoms with Crippen molar-refractivity contribution in [1.29, 1.82) is 0 Å². The van der Waals surface area contributed by atoms with Crippen molar-refractivity contribution in [2.45, 2.75) is 25.3 Å². The van der Waals surface area contributed by atoms with E-state index in [4.69, 9.17) is 0 Å². The highest BCUT2D eigenvalue weighted by Gasteiger charge is 2.25. The lowest BCUT2D eigenvalue weighted by Crippen LogP contribution is -2.16. The first-order valence-electron chi connectivity index (χ1n) is 7.43. The van der Waals surface area contributed by atoms with Crippen LogP contribution >= 0.6 is 0 Å². The van der Waals surface area contributed by atoms with Crippen LogP contribution in [0, 0.1) is 19.7 Å². The first-order chi connectivity index (χ1) is 11.8. The Labute approximate surface area is 144 Å². The fourth-order valence-corrected chi connectivity index (χ4v) is 3.90. The van der Waals surface area contributed by atoms with E-state index in [1.165, 1.54) is 27.8 Å². The Balaban J connectivity index is 1.79. The number of aryl methyl sites for hydroxylation is 2. The zero-order valence-corrected chi connectivity index (χ0v) is 14.7. The van der Waals surface area contributed by atoms with Gasteiger partial charge < -0.3 is 0 Å². The van der Waals surface area contributed by atoms with Gasteiger partial charge in [0.25, 0.3) is 16.0 Å². The molecule has 0 unspecified atom stereocenters. The van der Waals surface area contributed by atoms with Gasteiger partial charge in [-0.05, 0) is 31.5 Å². The summed E-state index contributed by atoms with van der Waals surface area (Å²) in [6.07, 6.45) is 1.41. The Bertz CT molecular complexity index is 1010. The lowest BCUT2D eigenvalue weighted by molar-refractivity contribution is 0.599. The van der Waals surface area contributed by atoms with E-state index in [-0.39, 0.29) is 16.7 Å². The van der Waals surface area contributed by atoms with Crippen molar-refractivity contribution in [2.75, 3.05) is 4.72 Å². The Kier molecular flexibility index (Phi) is 4.29. The molecule has 0 fully saturated rings. The van der Waals surface area contributed by atoms with Crippen molar-refractivity contribution in [1.82, 2.24) is 24.5 Å². The maximum Gasteiger partial charge on any atom is 0.267 e. The largest absolute Gasteiger partial charge is 0.271 e. The number of nitrogens with zero attached hydrogens (tertiary/aromatic N) is 5. The fraction of sp³-hybridized carbons (Fsp3) is 0.267. The summed E-state index contributed by atoms with van der Waals surface area (Å²) < 4.78 is 43.4. The normalized spacial score (nSPS) is 11.7. The number of hydrogen-bond donors (Lipinski definition) is 1. The molecule has 1 aromatic carbocycles. The van der Waals surface area contributed by atoms with E-state index in [9.17, 15) is 12.8 Å². The predicted octanol–water partition coefficient (Wildman–Crippen LogP) is 1.62. The second-order valence-corrected chi connectivity index (χ2v) is 7.24. The number of rotatable bonds is 5. The number of anilines is 1. The highest BCUT2D eigenvalue weighted by Crippen LogP contribution is 2.20. The van der Waals surface area contributed by atoms with Crippen LogP contribution in [0.2, 0.25) is 0 Å². The van der Waals surface area contributed by atoms with Crippen molar-refractivity contribution in [3.05, 3.63) is 53.4 Å². The van der Waals surface area contributed by atoms with Crippen molar-refractivity contribution in [3.8, 4) is 0 Å². The Hall–Kier alpha value is -2.75. The molecule has 0 saturated carbocycles. The molecule has 0 spiro atoms. The van der Waals surface area contributed by atoms with Crippen LogP contribution < -0.4 is 4.72 Å². The lowest BCUT2D eigenvalue weighted by atomic mass is 10.2. The smallest absolute Gasteiger partial charge is 0.267 e. The third kappa shape index (κ3) is 3.53. The summed E-state index contributed by atoms with van der Waals surface area (Å²) in [5.41, 5.74) is 1.74. The number of halogens is 1. The van der Waals surface area contributed by atoms with Crippen molar-refractivity contribution >= 4 is 16.0 Å². The summed E-state index contributed by atoms with van der Waals surface area (Å²) >= 11 is 0. The minimum atomic E-state index is -3.84. The fourth-order valence-electron chi connectivity index (χ4n) is 2.51. The van der Waals surface area contributed by atoms with Gasteiger partial charge in [-0.1, -0.05) is 12.1 Å². The standard InChI is InChI=1S/C15H17FN6O2S/c1-10-14(11(2)21(3)18-10)25(23,24)20-15-17-9-22(19-15)8-12-4-6-13(16)7-5-12/h4-7,9H,8H2,1-3H3,(H,19,20). The molecule has 132 valence electrons. The Morgan fingerprint density at radius 1 is 1.16 bits per heavy atom. The molecule has 0 aliphatic carbocycles. The molecule has 0 aliphatic rings. The van der Waals surface area contributed by atoms with Gasteiger partial charge in [-0.15, -0.1) is 5.10 Å². The van der Waals surface area contributed by atoms with E-state index < -0.39 is 10.0 Å². The summed E-state index contributed by atoms with van der Waals surface area (Å²) in [5, 5.41) is 8.21. The van der Waals surface area contributed by atoms with Gasteiger partial charge in [0, 0.05) is 7.05 Å². The molecule has 0 atom stereocenters. The summed E-state index contributed by atoms with van der Waals surface area (Å²) in [6, 6.07) is 5.96.